The fourth-order valence-corrected chi connectivity index (χ4v) is 3.48. The molecule has 1 rings (SSSR count). The predicted molar refractivity (Wildman–Crippen MR) is 73.1 cm³/mol. The topological polar surface area (TPSA) is 91.7 Å². The van der Waals surface area contributed by atoms with Gasteiger partial charge in [0.25, 0.3) is 0 Å². The van der Waals surface area contributed by atoms with Crippen LogP contribution in [0.1, 0.15) is 46.5 Å². The van der Waals surface area contributed by atoms with Gasteiger partial charge in [-0.15, -0.1) is 0 Å². The number of carboxylic acids is 1. The average molecular weight is 284 g/mol. The molecule has 2 N–H and O–H groups in total. The van der Waals surface area contributed by atoms with Crippen LogP contribution in [0.2, 0.25) is 0 Å². The fourth-order valence-electron chi connectivity index (χ4n) is 3.48. The summed E-state index contributed by atoms with van der Waals surface area (Å²) >= 11 is 0. The monoisotopic (exact) mass is 284 g/mol. The lowest BCUT2D eigenvalue weighted by molar-refractivity contribution is -0.166. The minimum absolute atomic E-state index is 0.0128. The van der Waals surface area contributed by atoms with Gasteiger partial charge in [0.15, 0.2) is 6.29 Å². The molecule has 1 saturated carbocycles. The Balaban J connectivity index is 3.03. The first-order valence-electron chi connectivity index (χ1n) is 7.15. The molecule has 0 aromatic rings. The van der Waals surface area contributed by atoms with Crippen molar-refractivity contribution in [3.8, 4) is 0 Å². The van der Waals surface area contributed by atoms with Crippen LogP contribution in [-0.2, 0) is 14.4 Å². The van der Waals surface area contributed by atoms with Crippen molar-refractivity contribution in [1.82, 2.24) is 0 Å². The normalized spacial score (nSPS) is 35.3. The number of aliphatic hydroxyl groups is 1. The van der Waals surface area contributed by atoms with Gasteiger partial charge in [-0.1, -0.05) is 13.8 Å². The van der Waals surface area contributed by atoms with Crippen molar-refractivity contribution < 1.29 is 24.6 Å². The average Bonchev–Trinajstić information content (AvgIpc) is 2.37. The first-order chi connectivity index (χ1) is 9.24. The summed E-state index contributed by atoms with van der Waals surface area (Å²) in [7, 11) is 0. The van der Waals surface area contributed by atoms with Crippen LogP contribution in [0.15, 0.2) is 0 Å². The molecule has 20 heavy (non-hydrogen) atoms. The summed E-state index contributed by atoms with van der Waals surface area (Å²) < 4.78 is 0. The molecule has 5 nitrogen and oxygen atoms in total. The van der Waals surface area contributed by atoms with Gasteiger partial charge >= 0.3 is 5.97 Å². The van der Waals surface area contributed by atoms with Crippen molar-refractivity contribution in [3.05, 3.63) is 0 Å². The molecular weight excluding hydrogens is 260 g/mol. The lowest BCUT2D eigenvalue weighted by atomic mass is 9.60. The maximum absolute atomic E-state index is 11.5. The van der Waals surface area contributed by atoms with Gasteiger partial charge in [-0.25, -0.2) is 0 Å². The van der Waals surface area contributed by atoms with Gasteiger partial charge in [0.2, 0.25) is 0 Å². The second-order valence-corrected chi connectivity index (χ2v) is 6.14. The Kier molecular flexibility index (Phi) is 5.45. The Morgan fingerprint density at radius 3 is 2.45 bits per heavy atom. The van der Waals surface area contributed by atoms with E-state index in [1.165, 1.54) is 13.8 Å². The predicted octanol–water partition coefficient (Wildman–Crippen LogP) is 1.67. The van der Waals surface area contributed by atoms with E-state index in [-0.39, 0.29) is 17.6 Å². The zero-order valence-electron chi connectivity index (χ0n) is 12.3. The van der Waals surface area contributed by atoms with Crippen molar-refractivity contribution in [3.63, 3.8) is 0 Å². The molecule has 114 valence electrons. The summed E-state index contributed by atoms with van der Waals surface area (Å²) in [6, 6.07) is 0. The molecule has 0 radical (unpaired) electrons. The van der Waals surface area contributed by atoms with Crippen molar-refractivity contribution in [2.45, 2.75) is 52.1 Å². The van der Waals surface area contributed by atoms with Crippen molar-refractivity contribution in [2.75, 3.05) is 0 Å². The lowest BCUT2D eigenvalue weighted by Gasteiger charge is -2.47. The Hall–Kier alpha value is -1.23. The van der Waals surface area contributed by atoms with Gasteiger partial charge in [0.05, 0.1) is 5.92 Å². The summed E-state index contributed by atoms with van der Waals surface area (Å²) in [4.78, 5) is 33.8. The minimum atomic E-state index is -1.65. The second-order valence-electron chi connectivity index (χ2n) is 6.14. The molecule has 5 atom stereocenters. The quantitative estimate of drug-likeness (QED) is 0.724. The number of carboxylic acid groups (broad SMARTS) is 1. The molecule has 5 heteroatoms. The number of carbonyl (C=O) groups excluding carboxylic acids is 2. The highest BCUT2D eigenvalue weighted by atomic mass is 16.4. The molecule has 0 aliphatic heterocycles. The maximum Gasteiger partial charge on any atom is 0.306 e. The number of hydrogen-bond acceptors (Lipinski definition) is 4. The van der Waals surface area contributed by atoms with Crippen LogP contribution in [-0.4, -0.2) is 33.9 Å². The molecule has 0 aromatic carbocycles. The van der Waals surface area contributed by atoms with E-state index in [1.807, 2.05) is 6.92 Å². The van der Waals surface area contributed by atoms with Crippen LogP contribution in [0.25, 0.3) is 0 Å². The van der Waals surface area contributed by atoms with Gasteiger partial charge < -0.3 is 19.8 Å². The van der Waals surface area contributed by atoms with Crippen LogP contribution in [0.4, 0.5) is 0 Å². The number of ketones is 1. The maximum atomic E-state index is 11.5. The molecule has 0 saturated heterocycles. The van der Waals surface area contributed by atoms with E-state index in [0.717, 1.165) is 6.42 Å². The third kappa shape index (κ3) is 3.26. The van der Waals surface area contributed by atoms with Crippen LogP contribution in [0, 0.1) is 23.7 Å². The van der Waals surface area contributed by atoms with Crippen molar-refractivity contribution >= 4 is 18.0 Å². The van der Waals surface area contributed by atoms with Crippen molar-refractivity contribution in [2.24, 2.45) is 23.7 Å². The highest BCUT2D eigenvalue weighted by Crippen LogP contribution is 2.46. The largest absolute Gasteiger partial charge is 0.481 e. The number of rotatable bonds is 6. The second kappa shape index (κ2) is 6.48. The SMILES string of the molecule is CC(=O)CCC1C(C)CCC(C(C)C(=O)O)C1(O)C=O. The lowest BCUT2D eigenvalue weighted by Crippen LogP contribution is -2.55. The van der Waals surface area contributed by atoms with E-state index < -0.39 is 23.4 Å². The standard InChI is InChI=1S/C15H24O5/c1-9-4-6-13(11(3)14(18)19)15(20,8-16)12(9)7-5-10(2)17/h8-9,11-13,20H,4-7H2,1-3H3,(H,18,19). The number of Topliss-reactive ketones (excluding diaryl/α,β-unsaturated/α-hetero) is 1. The molecule has 0 heterocycles. The van der Waals surface area contributed by atoms with Gasteiger partial charge in [-0.05, 0) is 38.0 Å². The fraction of sp³-hybridized carbons (Fsp3) is 0.800. The van der Waals surface area contributed by atoms with E-state index >= 15 is 0 Å². The third-order valence-electron chi connectivity index (χ3n) is 4.80. The van der Waals surface area contributed by atoms with E-state index in [1.54, 1.807) is 0 Å². The summed E-state index contributed by atoms with van der Waals surface area (Å²) in [5.74, 6) is -2.62. The van der Waals surface area contributed by atoms with Gasteiger partial charge in [0.1, 0.15) is 11.4 Å². The smallest absolute Gasteiger partial charge is 0.306 e. The Labute approximate surface area is 119 Å². The van der Waals surface area contributed by atoms with Crippen LogP contribution < -0.4 is 0 Å². The first-order valence-corrected chi connectivity index (χ1v) is 7.15. The van der Waals surface area contributed by atoms with Crippen LogP contribution in [0.3, 0.4) is 0 Å². The molecule has 5 unspecified atom stereocenters. The van der Waals surface area contributed by atoms with Gasteiger partial charge in [-0.2, -0.15) is 0 Å². The molecular formula is C15H24O5. The number of hydrogen-bond donors (Lipinski definition) is 2. The Morgan fingerprint density at radius 1 is 1.40 bits per heavy atom. The molecule has 1 aliphatic rings. The summed E-state index contributed by atoms with van der Waals surface area (Å²) in [5.41, 5.74) is -1.65. The highest BCUT2D eigenvalue weighted by molar-refractivity contribution is 5.76. The zero-order chi connectivity index (χ0) is 15.5. The number of carbonyl (C=O) groups is 3. The van der Waals surface area contributed by atoms with E-state index in [4.69, 9.17) is 5.11 Å². The third-order valence-corrected chi connectivity index (χ3v) is 4.80. The molecule has 0 bridgehead atoms. The highest BCUT2D eigenvalue weighted by Gasteiger charge is 2.52. The van der Waals surface area contributed by atoms with Crippen molar-refractivity contribution in [1.29, 1.82) is 0 Å². The Morgan fingerprint density at radius 2 is 2.00 bits per heavy atom. The van der Waals surface area contributed by atoms with Gasteiger partial charge in [-0.3, -0.25) is 4.79 Å². The zero-order valence-corrected chi connectivity index (χ0v) is 12.3. The minimum Gasteiger partial charge on any atom is -0.481 e. The molecule has 1 aliphatic carbocycles. The number of aliphatic carboxylic acids is 1. The van der Waals surface area contributed by atoms with Gasteiger partial charge in [0, 0.05) is 12.3 Å². The van der Waals surface area contributed by atoms with Crippen LogP contribution in [0.5, 0.6) is 0 Å². The summed E-state index contributed by atoms with van der Waals surface area (Å²) in [6.45, 7) is 4.95. The van der Waals surface area contributed by atoms with E-state index in [2.05, 4.69) is 0 Å². The van der Waals surface area contributed by atoms with E-state index in [9.17, 15) is 19.5 Å². The summed E-state index contributed by atoms with van der Waals surface area (Å²) in [5, 5.41) is 19.9. The first kappa shape index (κ1) is 16.8. The number of aldehydes is 1. The van der Waals surface area contributed by atoms with Crippen LogP contribution >= 0.6 is 0 Å². The molecule has 0 aromatic heterocycles. The summed E-state index contributed by atoms with van der Waals surface area (Å²) in [6.07, 6.45) is 2.51. The van der Waals surface area contributed by atoms with E-state index in [0.29, 0.717) is 25.5 Å². The Bertz CT molecular complexity index is 392. The molecule has 0 amide bonds. The molecule has 1 fully saturated rings. The molecule has 0 spiro atoms.